The molecule has 118 valence electrons. The summed E-state index contributed by atoms with van der Waals surface area (Å²) in [5, 5.41) is 10.00. The lowest BCUT2D eigenvalue weighted by atomic mass is 9.90. The van der Waals surface area contributed by atoms with E-state index in [1.807, 2.05) is 0 Å². The van der Waals surface area contributed by atoms with Gasteiger partial charge in [-0.1, -0.05) is 6.42 Å². The fourth-order valence-electron chi connectivity index (χ4n) is 4.07. The Bertz CT molecular complexity index is 286. The molecule has 5 heteroatoms. The van der Waals surface area contributed by atoms with Crippen LogP contribution in [0.2, 0.25) is 0 Å². The molecule has 2 saturated carbocycles. The molecule has 20 heavy (non-hydrogen) atoms. The zero-order valence-corrected chi connectivity index (χ0v) is 13.0. The van der Waals surface area contributed by atoms with Crippen molar-refractivity contribution in [2.24, 2.45) is 17.8 Å². The first-order chi connectivity index (χ1) is 9.31. The molecule has 1 aliphatic heterocycles. The number of aliphatic hydroxyl groups excluding tert-OH is 1. The summed E-state index contributed by atoms with van der Waals surface area (Å²) in [6.45, 7) is 5.52. The molecule has 0 spiro atoms. The topological polar surface area (TPSA) is 41.9 Å². The van der Waals surface area contributed by atoms with Crippen LogP contribution in [0, 0.1) is 17.8 Å². The second-order valence-corrected chi connectivity index (χ2v) is 6.54. The van der Waals surface area contributed by atoms with Gasteiger partial charge in [-0.25, -0.2) is 0 Å². The Balaban J connectivity index is 0.00000147. The lowest BCUT2D eigenvalue weighted by Crippen LogP contribution is -2.42. The number of morpholine rings is 1. The van der Waals surface area contributed by atoms with Crippen LogP contribution in [0.4, 0.5) is 0 Å². The zero-order chi connectivity index (χ0) is 13.1. The van der Waals surface area contributed by atoms with Crippen LogP contribution >= 0.6 is 12.4 Å². The van der Waals surface area contributed by atoms with Gasteiger partial charge in [0.25, 0.3) is 0 Å². The second kappa shape index (κ2) is 7.95. The predicted molar refractivity (Wildman–Crippen MR) is 80.3 cm³/mol. The number of nitrogens with zero attached hydrogens (tertiary/aromatic N) is 1. The van der Waals surface area contributed by atoms with Crippen molar-refractivity contribution in [3.05, 3.63) is 0 Å². The van der Waals surface area contributed by atoms with Gasteiger partial charge in [0.15, 0.2) is 0 Å². The van der Waals surface area contributed by atoms with E-state index in [1.54, 1.807) is 0 Å². The zero-order valence-electron chi connectivity index (χ0n) is 12.2. The smallest absolute Gasteiger partial charge is 0.0900 e. The van der Waals surface area contributed by atoms with Crippen LogP contribution in [0.1, 0.15) is 25.7 Å². The molecule has 1 N–H and O–H groups in total. The standard InChI is InChI=1S/C15H27NO3.ClH/c17-15(9-16-3-5-18-6-4-16)11-19-10-14-8-12-1-2-13(14)7-12;/h12-15,17H,1-11H2;1H. The highest BCUT2D eigenvalue weighted by Crippen LogP contribution is 2.48. The average Bonchev–Trinajstić information content (AvgIpc) is 3.02. The van der Waals surface area contributed by atoms with Crippen LogP contribution in [-0.2, 0) is 9.47 Å². The summed E-state index contributed by atoms with van der Waals surface area (Å²) < 4.78 is 11.1. The van der Waals surface area contributed by atoms with Crippen LogP contribution in [0.3, 0.4) is 0 Å². The van der Waals surface area contributed by atoms with Crippen molar-refractivity contribution in [3.63, 3.8) is 0 Å². The van der Waals surface area contributed by atoms with Crippen molar-refractivity contribution in [2.75, 3.05) is 46.1 Å². The number of fused-ring (bicyclic) bond motifs is 2. The molecule has 0 radical (unpaired) electrons. The highest BCUT2D eigenvalue weighted by atomic mass is 35.5. The number of aliphatic hydroxyl groups is 1. The minimum atomic E-state index is -0.350. The van der Waals surface area contributed by atoms with E-state index in [1.165, 1.54) is 25.7 Å². The maximum atomic E-state index is 10.00. The van der Waals surface area contributed by atoms with Gasteiger partial charge in [-0.2, -0.15) is 0 Å². The summed E-state index contributed by atoms with van der Waals surface area (Å²) >= 11 is 0. The van der Waals surface area contributed by atoms with Gasteiger partial charge in [0.1, 0.15) is 0 Å². The van der Waals surface area contributed by atoms with Crippen LogP contribution in [0.25, 0.3) is 0 Å². The lowest BCUT2D eigenvalue weighted by Gasteiger charge is -2.28. The highest BCUT2D eigenvalue weighted by Gasteiger charge is 2.39. The van der Waals surface area contributed by atoms with Crippen molar-refractivity contribution in [3.8, 4) is 0 Å². The Hall–Kier alpha value is 0.130. The molecule has 2 bridgehead atoms. The fourth-order valence-corrected chi connectivity index (χ4v) is 4.07. The summed E-state index contributed by atoms with van der Waals surface area (Å²) in [4.78, 5) is 2.26. The predicted octanol–water partition coefficient (Wildman–Crippen LogP) is 1.55. The van der Waals surface area contributed by atoms with Crippen molar-refractivity contribution in [1.82, 2.24) is 4.90 Å². The van der Waals surface area contributed by atoms with E-state index in [0.29, 0.717) is 6.61 Å². The van der Waals surface area contributed by atoms with Gasteiger partial charge >= 0.3 is 0 Å². The maximum Gasteiger partial charge on any atom is 0.0900 e. The van der Waals surface area contributed by atoms with Crippen molar-refractivity contribution >= 4 is 12.4 Å². The molecule has 3 aliphatic rings. The first kappa shape index (κ1) is 16.5. The summed E-state index contributed by atoms with van der Waals surface area (Å²) in [7, 11) is 0. The monoisotopic (exact) mass is 305 g/mol. The van der Waals surface area contributed by atoms with Crippen molar-refractivity contribution in [2.45, 2.75) is 31.8 Å². The number of ether oxygens (including phenoxy) is 2. The molecule has 2 aliphatic carbocycles. The third-order valence-corrected chi connectivity index (χ3v) is 5.10. The molecule has 3 rings (SSSR count). The Morgan fingerprint density at radius 3 is 2.65 bits per heavy atom. The third kappa shape index (κ3) is 4.31. The molecule has 1 saturated heterocycles. The molecule has 0 aromatic carbocycles. The molecule has 4 unspecified atom stereocenters. The van der Waals surface area contributed by atoms with E-state index in [2.05, 4.69) is 4.90 Å². The fraction of sp³-hybridized carbons (Fsp3) is 1.00. The van der Waals surface area contributed by atoms with Crippen LogP contribution < -0.4 is 0 Å². The summed E-state index contributed by atoms with van der Waals surface area (Å²) in [6.07, 6.45) is 5.31. The highest BCUT2D eigenvalue weighted by molar-refractivity contribution is 5.85. The number of β-amino-alcohol motifs (C(OH)–C–C–N with tert-alkyl or cyclic N) is 1. The van der Waals surface area contributed by atoms with Crippen molar-refractivity contribution < 1.29 is 14.6 Å². The van der Waals surface area contributed by atoms with Gasteiger partial charge in [0.2, 0.25) is 0 Å². The molecular formula is C15H28ClNO3. The quantitative estimate of drug-likeness (QED) is 0.808. The lowest BCUT2D eigenvalue weighted by molar-refractivity contribution is -0.0232. The van der Waals surface area contributed by atoms with E-state index >= 15 is 0 Å². The van der Waals surface area contributed by atoms with Gasteiger partial charge in [-0.3, -0.25) is 4.90 Å². The Kier molecular flexibility index (Phi) is 6.56. The largest absolute Gasteiger partial charge is 0.389 e. The van der Waals surface area contributed by atoms with Crippen LogP contribution in [-0.4, -0.2) is 62.2 Å². The molecule has 0 aromatic heterocycles. The first-order valence-corrected chi connectivity index (χ1v) is 7.87. The maximum absolute atomic E-state index is 10.00. The molecule has 3 fully saturated rings. The third-order valence-electron chi connectivity index (χ3n) is 5.10. The van der Waals surface area contributed by atoms with Gasteiger partial charge in [-0.15, -0.1) is 12.4 Å². The normalized spacial score (nSPS) is 35.0. The van der Waals surface area contributed by atoms with E-state index in [4.69, 9.17) is 9.47 Å². The molecule has 0 amide bonds. The van der Waals surface area contributed by atoms with Gasteiger partial charge in [0, 0.05) is 26.2 Å². The Labute approximate surface area is 128 Å². The molecule has 4 nitrogen and oxygen atoms in total. The van der Waals surface area contributed by atoms with E-state index < -0.39 is 0 Å². The van der Waals surface area contributed by atoms with E-state index in [9.17, 15) is 5.11 Å². The second-order valence-electron chi connectivity index (χ2n) is 6.54. The van der Waals surface area contributed by atoms with Gasteiger partial charge in [-0.05, 0) is 37.0 Å². The first-order valence-electron chi connectivity index (χ1n) is 7.87. The Morgan fingerprint density at radius 1 is 1.20 bits per heavy atom. The molecule has 1 heterocycles. The molecule has 4 atom stereocenters. The number of rotatable bonds is 6. The van der Waals surface area contributed by atoms with E-state index in [-0.39, 0.29) is 18.5 Å². The summed E-state index contributed by atoms with van der Waals surface area (Å²) in [5.41, 5.74) is 0. The number of hydrogen-bond acceptors (Lipinski definition) is 4. The van der Waals surface area contributed by atoms with Gasteiger partial charge in [0.05, 0.1) is 25.9 Å². The molecular weight excluding hydrogens is 278 g/mol. The van der Waals surface area contributed by atoms with Crippen LogP contribution in [0.5, 0.6) is 0 Å². The van der Waals surface area contributed by atoms with Crippen molar-refractivity contribution in [1.29, 1.82) is 0 Å². The number of hydrogen-bond donors (Lipinski definition) is 1. The minimum Gasteiger partial charge on any atom is -0.389 e. The SMILES string of the molecule is Cl.OC(COCC1CC2CCC1C2)CN1CCOCC1. The van der Waals surface area contributed by atoms with Gasteiger partial charge < -0.3 is 14.6 Å². The average molecular weight is 306 g/mol. The Morgan fingerprint density at radius 2 is 2.00 bits per heavy atom. The summed E-state index contributed by atoms with van der Waals surface area (Å²) in [6, 6.07) is 0. The minimum absolute atomic E-state index is 0. The number of halogens is 1. The van der Waals surface area contributed by atoms with E-state index in [0.717, 1.165) is 57.2 Å². The van der Waals surface area contributed by atoms with Crippen LogP contribution in [0.15, 0.2) is 0 Å². The molecule has 0 aromatic rings. The summed E-state index contributed by atoms with van der Waals surface area (Å²) in [5.74, 6) is 2.67.